The Balaban J connectivity index is 1.71. The maximum atomic E-state index is 10.9. The Morgan fingerprint density at radius 2 is 2.50 bits per heavy atom. The summed E-state index contributed by atoms with van der Waals surface area (Å²) in [5.41, 5.74) is 2.23. The highest BCUT2D eigenvalue weighted by Crippen LogP contribution is 2.19. The van der Waals surface area contributed by atoms with Crippen LogP contribution in [0, 0.1) is 0 Å². The Morgan fingerprint density at radius 3 is 3.39 bits per heavy atom. The number of aromatic amines is 1. The molecule has 0 spiro atoms. The van der Waals surface area contributed by atoms with Crippen molar-refractivity contribution < 1.29 is 4.79 Å². The van der Waals surface area contributed by atoms with Crippen molar-refractivity contribution in [3.8, 4) is 0 Å². The van der Waals surface area contributed by atoms with Gasteiger partial charge < -0.3 is 9.78 Å². The smallest absolute Gasteiger partial charge is 0.137 e. The number of hydrogen-bond acceptors (Lipinski definition) is 3. The molecule has 0 saturated carbocycles. The summed E-state index contributed by atoms with van der Waals surface area (Å²) in [6.07, 6.45) is 8.03. The van der Waals surface area contributed by atoms with E-state index in [1.165, 1.54) is 10.9 Å². The molecular formula is C14H17N3O. The van der Waals surface area contributed by atoms with Crippen molar-refractivity contribution in [2.75, 3.05) is 13.1 Å². The van der Waals surface area contributed by atoms with Crippen LogP contribution < -0.4 is 0 Å². The van der Waals surface area contributed by atoms with Crippen LogP contribution in [0.5, 0.6) is 0 Å². The first-order chi connectivity index (χ1) is 8.88. The van der Waals surface area contributed by atoms with Gasteiger partial charge in [-0.1, -0.05) is 0 Å². The Kier molecular flexibility index (Phi) is 3.11. The van der Waals surface area contributed by atoms with Crippen LogP contribution in [0.4, 0.5) is 0 Å². The van der Waals surface area contributed by atoms with E-state index in [9.17, 15) is 4.79 Å². The number of aromatic nitrogens is 2. The Hall–Kier alpha value is -1.68. The molecule has 1 aliphatic rings. The molecule has 4 heteroatoms. The second kappa shape index (κ2) is 4.90. The lowest BCUT2D eigenvalue weighted by Gasteiger charge is -2.19. The number of pyridine rings is 1. The number of carbonyl (C=O) groups is 1. The van der Waals surface area contributed by atoms with Gasteiger partial charge in [0, 0.05) is 24.3 Å². The van der Waals surface area contributed by atoms with Gasteiger partial charge in [0.05, 0.1) is 6.04 Å². The Labute approximate surface area is 106 Å². The molecule has 0 bridgehead atoms. The van der Waals surface area contributed by atoms with Crippen molar-refractivity contribution in [3.05, 3.63) is 30.1 Å². The lowest BCUT2D eigenvalue weighted by Crippen LogP contribution is -2.32. The van der Waals surface area contributed by atoms with Crippen LogP contribution in [-0.2, 0) is 11.2 Å². The maximum absolute atomic E-state index is 10.9. The summed E-state index contributed by atoms with van der Waals surface area (Å²) in [4.78, 5) is 20.7. The summed E-state index contributed by atoms with van der Waals surface area (Å²) in [5, 5.41) is 1.19. The molecular weight excluding hydrogens is 226 g/mol. The number of carbonyl (C=O) groups excluding carboxylic acids is 1. The molecule has 3 rings (SSSR count). The summed E-state index contributed by atoms with van der Waals surface area (Å²) >= 11 is 0. The fraction of sp³-hybridized carbons (Fsp3) is 0.429. The zero-order valence-electron chi connectivity index (χ0n) is 10.3. The van der Waals surface area contributed by atoms with Crippen LogP contribution in [0.1, 0.15) is 18.4 Å². The van der Waals surface area contributed by atoms with E-state index < -0.39 is 0 Å². The minimum Gasteiger partial charge on any atom is -0.346 e. The molecule has 0 aliphatic carbocycles. The van der Waals surface area contributed by atoms with Gasteiger partial charge >= 0.3 is 0 Å². The fourth-order valence-corrected chi connectivity index (χ4v) is 2.77. The van der Waals surface area contributed by atoms with E-state index in [4.69, 9.17) is 0 Å². The predicted molar refractivity (Wildman–Crippen MR) is 70.5 cm³/mol. The van der Waals surface area contributed by atoms with Crippen LogP contribution >= 0.6 is 0 Å². The molecule has 0 aromatic carbocycles. The van der Waals surface area contributed by atoms with Gasteiger partial charge in [0.15, 0.2) is 0 Å². The van der Waals surface area contributed by atoms with Crippen LogP contribution in [0.3, 0.4) is 0 Å². The van der Waals surface area contributed by atoms with E-state index in [0.29, 0.717) is 0 Å². The minimum atomic E-state index is 0.133. The van der Waals surface area contributed by atoms with Crippen molar-refractivity contribution in [3.63, 3.8) is 0 Å². The molecule has 0 amide bonds. The molecule has 2 aromatic rings. The highest BCUT2D eigenvalue weighted by molar-refractivity contribution is 5.79. The zero-order valence-corrected chi connectivity index (χ0v) is 10.3. The summed E-state index contributed by atoms with van der Waals surface area (Å²) in [6, 6.07) is 4.19. The Bertz CT molecular complexity index is 549. The summed E-state index contributed by atoms with van der Waals surface area (Å²) in [6.45, 7) is 2.00. The second-order valence-corrected chi connectivity index (χ2v) is 4.85. The molecule has 94 valence electrons. The van der Waals surface area contributed by atoms with Gasteiger partial charge in [-0.05, 0) is 43.5 Å². The van der Waals surface area contributed by atoms with Crippen molar-refractivity contribution in [2.45, 2.75) is 25.3 Å². The fourth-order valence-electron chi connectivity index (χ4n) is 2.77. The van der Waals surface area contributed by atoms with Gasteiger partial charge in [0.2, 0.25) is 0 Å². The molecule has 1 saturated heterocycles. The molecule has 18 heavy (non-hydrogen) atoms. The largest absolute Gasteiger partial charge is 0.346 e. The lowest BCUT2D eigenvalue weighted by atomic mass is 10.1. The van der Waals surface area contributed by atoms with E-state index in [-0.39, 0.29) is 6.04 Å². The van der Waals surface area contributed by atoms with E-state index in [1.54, 1.807) is 6.20 Å². The number of aldehydes is 1. The van der Waals surface area contributed by atoms with Crippen LogP contribution in [0.25, 0.3) is 11.0 Å². The summed E-state index contributed by atoms with van der Waals surface area (Å²) < 4.78 is 0. The monoisotopic (exact) mass is 243 g/mol. The number of nitrogens with zero attached hydrogens (tertiary/aromatic N) is 2. The van der Waals surface area contributed by atoms with Gasteiger partial charge in [0.1, 0.15) is 11.9 Å². The van der Waals surface area contributed by atoms with Gasteiger partial charge in [-0.3, -0.25) is 4.90 Å². The van der Waals surface area contributed by atoms with Crippen LogP contribution in [0.15, 0.2) is 24.5 Å². The molecule has 1 N–H and O–H groups in total. The molecule has 2 aromatic heterocycles. The lowest BCUT2D eigenvalue weighted by molar-refractivity contribution is -0.111. The SMILES string of the molecule is O=C[C@@H]1CCCN1CCc1c[nH]c2ncccc12. The highest BCUT2D eigenvalue weighted by atomic mass is 16.1. The predicted octanol–water partition coefficient (Wildman–Crippen LogP) is 1.77. The van der Waals surface area contributed by atoms with E-state index >= 15 is 0 Å². The average molecular weight is 243 g/mol. The summed E-state index contributed by atoms with van der Waals surface area (Å²) in [5.74, 6) is 0. The third kappa shape index (κ3) is 2.04. The van der Waals surface area contributed by atoms with Crippen molar-refractivity contribution in [1.82, 2.24) is 14.9 Å². The topological polar surface area (TPSA) is 49.0 Å². The Morgan fingerprint density at radius 1 is 1.56 bits per heavy atom. The van der Waals surface area contributed by atoms with Gasteiger partial charge in [-0.2, -0.15) is 0 Å². The highest BCUT2D eigenvalue weighted by Gasteiger charge is 2.23. The molecule has 4 nitrogen and oxygen atoms in total. The molecule has 1 fully saturated rings. The first-order valence-electron chi connectivity index (χ1n) is 6.49. The second-order valence-electron chi connectivity index (χ2n) is 4.85. The average Bonchev–Trinajstić information content (AvgIpc) is 3.02. The van der Waals surface area contributed by atoms with Crippen molar-refractivity contribution in [1.29, 1.82) is 0 Å². The standard InChI is InChI=1S/C14H17N3O/c18-10-12-3-2-7-17(12)8-5-11-9-16-14-13(11)4-1-6-15-14/h1,4,6,9-10,12H,2-3,5,7-8H2,(H,15,16)/t12-/m0/s1. The molecule has 0 unspecified atom stereocenters. The number of H-pyrrole nitrogens is 1. The van der Waals surface area contributed by atoms with E-state index in [1.807, 2.05) is 12.3 Å². The first-order valence-corrected chi connectivity index (χ1v) is 6.49. The normalized spacial score (nSPS) is 20.6. The van der Waals surface area contributed by atoms with Crippen LogP contribution in [-0.4, -0.2) is 40.3 Å². The first kappa shape index (κ1) is 11.4. The number of fused-ring (bicyclic) bond motifs is 1. The number of rotatable bonds is 4. The molecule has 1 aliphatic heterocycles. The molecule has 3 heterocycles. The van der Waals surface area contributed by atoms with Crippen LogP contribution in [0.2, 0.25) is 0 Å². The van der Waals surface area contributed by atoms with E-state index in [0.717, 1.165) is 44.3 Å². The summed E-state index contributed by atoms with van der Waals surface area (Å²) in [7, 11) is 0. The zero-order chi connectivity index (χ0) is 12.4. The van der Waals surface area contributed by atoms with Gasteiger partial charge in [-0.15, -0.1) is 0 Å². The minimum absolute atomic E-state index is 0.133. The molecule has 0 radical (unpaired) electrons. The third-order valence-corrected chi connectivity index (χ3v) is 3.78. The van der Waals surface area contributed by atoms with Crippen molar-refractivity contribution in [2.24, 2.45) is 0 Å². The third-order valence-electron chi connectivity index (χ3n) is 3.78. The maximum Gasteiger partial charge on any atom is 0.137 e. The van der Waals surface area contributed by atoms with Gasteiger partial charge in [0.25, 0.3) is 0 Å². The quantitative estimate of drug-likeness (QED) is 0.833. The van der Waals surface area contributed by atoms with Gasteiger partial charge in [-0.25, -0.2) is 4.98 Å². The number of likely N-dealkylation sites (tertiary alicyclic amines) is 1. The number of nitrogens with one attached hydrogen (secondary N) is 1. The van der Waals surface area contributed by atoms with Crippen molar-refractivity contribution >= 4 is 17.3 Å². The molecule has 1 atom stereocenters. The van der Waals surface area contributed by atoms with E-state index in [2.05, 4.69) is 20.9 Å². The number of hydrogen-bond donors (Lipinski definition) is 1.